The van der Waals surface area contributed by atoms with Gasteiger partial charge < -0.3 is 9.47 Å². The van der Waals surface area contributed by atoms with Gasteiger partial charge >= 0.3 is 5.97 Å². The summed E-state index contributed by atoms with van der Waals surface area (Å²) in [4.78, 5) is 11.0. The average Bonchev–Trinajstić information content (AvgIpc) is 2.38. The molecule has 88 valence electrons. The molecule has 0 aliphatic rings. The van der Waals surface area contributed by atoms with E-state index in [9.17, 15) is 4.79 Å². The Morgan fingerprint density at radius 2 is 1.71 bits per heavy atom. The molecular weight excluding hydrogens is 240 g/mol. The van der Waals surface area contributed by atoms with Crippen molar-refractivity contribution in [2.24, 2.45) is 0 Å². The average molecular weight is 251 g/mol. The molecule has 0 saturated carbocycles. The number of alkyl halides is 1. The molecule has 0 atom stereocenters. The van der Waals surface area contributed by atoms with E-state index >= 15 is 0 Å². The summed E-state index contributed by atoms with van der Waals surface area (Å²) in [6.07, 6.45) is 0. The van der Waals surface area contributed by atoms with Gasteiger partial charge in [-0.25, -0.2) is 0 Å². The first-order valence-electron chi connectivity index (χ1n) is 5.07. The van der Waals surface area contributed by atoms with E-state index in [1.54, 1.807) is 19.2 Å². The van der Waals surface area contributed by atoms with Crippen LogP contribution in [0.3, 0.4) is 0 Å². The van der Waals surface area contributed by atoms with Gasteiger partial charge in [0.2, 0.25) is 0 Å². The van der Waals surface area contributed by atoms with E-state index in [2.05, 4.69) is 0 Å². The van der Waals surface area contributed by atoms with Crippen LogP contribution in [0, 0.1) is 0 Å². The monoisotopic (exact) mass is 250 g/mol. The van der Waals surface area contributed by atoms with Crippen molar-refractivity contribution in [3.8, 4) is 11.5 Å². The number of carbonyl (C=O) groups is 1. The molecule has 0 aromatic heterocycles. The minimum atomic E-state index is -0.459. The van der Waals surface area contributed by atoms with Crippen molar-refractivity contribution in [1.82, 2.24) is 0 Å². The van der Waals surface area contributed by atoms with Crippen molar-refractivity contribution in [2.45, 2.75) is 0 Å². The van der Waals surface area contributed by atoms with Crippen LogP contribution < -0.4 is 9.47 Å². The zero-order valence-electron chi connectivity index (χ0n) is 9.27. The molecule has 0 amide bonds. The Morgan fingerprint density at radius 3 is 2.29 bits per heavy atom. The third kappa shape index (κ3) is 2.68. The first-order valence-corrected chi connectivity index (χ1v) is 5.61. The minimum absolute atomic E-state index is 0.152. The van der Waals surface area contributed by atoms with Crippen molar-refractivity contribution in [3.63, 3.8) is 0 Å². The predicted molar refractivity (Wildman–Crippen MR) is 66.9 cm³/mol. The van der Waals surface area contributed by atoms with Gasteiger partial charge in [0.1, 0.15) is 17.4 Å². The summed E-state index contributed by atoms with van der Waals surface area (Å²) in [6, 6.07) is 11.1. The third-order valence-electron chi connectivity index (χ3n) is 2.36. The number of halogens is 1. The Bertz CT molecular complexity index is 551. The van der Waals surface area contributed by atoms with Gasteiger partial charge in [-0.3, -0.25) is 4.79 Å². The molecule has 0 N–H and O–H groups in total. The second-order valence-corrected chi connectivity index (χ2v) is 3.75. The fourth-order valence-corrected chi connectivity index (χ4v) is 1.61. The number of ether oxygens (including phenoxy) is 2. The Kier molecular flexibility index (Phi) is 3.49. The first kappa shape index (κ1) is 11.7. The van der Waals surface area contributed by atoms with E-state index < -0.39 is 5.97 Å². The van der Waals surface area contributed by atoms with Crippen LogP contribution in [0.25, 0.3) is 10.8 Å². The maximum atomic E-state index is 11.0. The number of hydrogen-bond acceptors (Lipinski definition) is 3. The highest BCUT2D eigenvalue weighted by Crippen LogP contribution is 2.24. The molecule has 2 rings (SSSR count). The molecule has 0 saturated heterocycles. The van der Waals surface area contributed by atoms with Crippen molar-refractivity contribution in [2.75, 3.05) is 13.0 Å². The fraction of sp³-hybridized carbons (Fsp3) is 0.154. The number of methoxy groups -OCH3 is 1. The van der Waals surface area contributed by atoms with E-state index in [0.717, 1.165) is 16.5 Å². The molecular formula is C13H11ClO3. The second-order valence-electron chi connectivity index (χ2n) is 3.48. The first-order chi connectivity index (χ1) is 8.22. The van der Waals surface area contributed by atoms with Gasteiger partial charge in [-0.15, -0.1) is 11.6 Å². The summed E-state index contributed by atoms with van der Waals surface area (Å²) in [6.45, 7) is 0. The van der Waals surface area contributed by atoms with Crippen LogP contribution in [0.5, 0.6) is 11.5 Å². The van der Waals surface area contributed by atoms with Crippen molar-refractivity contribution in [1.29, 1.82) is 0 Å². The van der Waals surface area contributed by atoms with E-state index in [1.807, 2.05) is 24.3 Å². The van der Waals surface area contributed by atoms with Gasteiger partial charge in [-0.05, 0) is 35.0 Å². The topological polar surface area (TPSA) is 35.5 Å². The highest BCUT2D eigenvalue weighted by Gasteiger charge is 2.04. The quantitative estimate of drug-likeness (QED) is 0.477. The Morgan fingerprint density at radius 1 is 1.12 bits per heavy atom. The third-order valence-corrected chi connectivity index (χ3v) is 2.58. The number of carbonyl (C=O) groups excluding carboxylic acids is 1. The highest BCUT2D eigenvalue weighted by atomic mass is 35.5. The van der Waals surface area contributed by atoms with E-state index in [1.165, 1.54) is 0 Å². The number of rotatable bonds is 3. The lowest BCUT2D eigenvalue weighted by Gasteiger charge is -2.05. The zero-order valence-corrected chi connectivity index (χ0v) is 10.0. The van der Waals surface area contributed by atoms with Crippen LogP contribution in [-0.4, -0.2) is 19.0 Å². The summed E-state index contributed by atoms with van der Waals surface area (Å²) in [5, 5.41) is 2.00. The number of benzene rings is 2. The van der Waals surface area contributed by atoms with Crippen molar-refractivity contribution >= 4 is 28.3 Å². The Hall–Kier alpha value is -1.74. The molecule has 2 aromatic carbocycles. The van der Waals surface area contributed by atoms with Crippen LogP contribution in [-0.2, 0) is 4.79 Å². The molecule has 17 heavy (non-hydrogen) atoms. The van der Waals surface area contributed by atoms with Crippen LogP contribution in [0.1, 0.15) is 0 Å². The van der Waals surface area contributed by atoms with Gasteiger partial charge in [-0.2, -0.15) is 0 Å². The summed E-state index contributed by atoms with van der Waals surface area (Å²) >= 11 is 5.37. The normalized spacial score (nSPS) is 10.2. The standard InChI is InChI=1S/C13H11ClO3/c1-16-11-4-2-10-7-12(17-13(15)8-14)5-3-9(10)6-11/h2-7H,8H2,1H3. The molecule has 0 radical (unpaired) electrons. The Balaban J connectivity index is 2.34. The van der Waals surface area contributed by atoms with Crippen LogP contribution in [0.2, 0.25) is 0 Å². The van der Waals surface area contributed by atoms with Crippen molar-refractivity contribution in [3.05, 3.63) is 36.4 Å². The van der Waals surface area contributed by atoms with Crippen molar-refractivity contribution < 1.29 is 14.3 Å². The van der Waals surface area contributed by atoms with Crippen LogP contribution in [0.15, 0.2) is 36.4 Å². The summed E-state index contributed by atoms with van der Waals surface area (Å²) in [7, 11) is 1.62. The number of fused-ring (bicyclic) bond motifs is 1. The molecule has 0 bridgehead atoms. The summed E-state index contributed by atoms with van der Waals surface area (Å²) in [5.41, 5.74) is 0. The SMILES string of the molecule is COc1ccc2cc(OC(=O)CCl)ccc2c1. The smallest absolute Gasteiger partial charge is 0.326 e. The predicted octanol–water partition coefficient (Wildman–Crippen LogP) is 2.99. The maximum absolute atomic E-state index is 11.0. The molecule has 0 aliphatic carbocycles. The lowest BCUT2D eigenvalue weighted by molar-refractivity contribution is -0.131. The molecule has 0 fully saturated rings. The maximum Gasteiger partial charge on any atom is 0.326 e. The minimum Gasteiger partial charge on any atom is -0.497 e. The molecule has 4 heteroatoms. The fourth-order valence-electron chi connectivity index (χ4n) is 1.55. The molecule has 0 heterocycles. The van der Waals surface area contributed by atoms with E-state index in [4.69, 9.17) is 21.1 Å². The summed E-state index contributed by atoms with van der Waals surface area (Å²) in [5.74, 6) is 0.677. The van der Waals surface area contributed by atoms with Crippen LogP contribution in [0.4, 0.5) is 0 Å². The molecule has 2 aromatic rings. The lowest BCUT2D eigenvalue weighted by Crippen LogP contribution is -2.08. The highest BCUT2D eigenvalue weighted by molar-refractivity contribution is 6.26. The molecule has 0 aliphatic heterocycles. The van der Waals surface area contributed by atoms with Gasteiger partial charge in [0.05, 0.1) is 7.11 Å². The Labute approximate surface area is 104 Å². The second kappa shape index (κ2) is 5.06. The number of esters is 1. The molecule has 0 spiro atoms. The number of hydrogen-bond donors (Lipinski definition) is 0. The molecule has 3 nitrogen and oxygen atoms in total. The zero-order chi connectivity index (χ0) is 12.3. The molecule has 0 unspecified atom stereocenters. The van der Waals surface area contributed by atoms with Crippen LogP contribution >= 0.6 is 11.6 Å². The van der Waals surface area contributed by atoms with Gasteiger partial charge in [0, 0.05) is 0 Å². The van der Waals surface area contributed by atoms with Gasteiger partial charge in [0.25, 0.3) is 0 Å². The van der Waals surface area contributed by atoms with Gasteiger partial charge in [-0.1, -0.05) is 12.1 Å². The van der Waals surface area contributed by atoms with E-state index in [0.29, 0.717) is 5.75 Å². The largest absolute Gasteiger partial charge is 0.497 e. The summed E-state index contributed by atoms with van der Waals surface area (Å²) < 4.78 is 10.2. The van der Waals surface area contributed by atoms with E-state index in [-0.39, 0.29) is 5.88 Å². The van der Waals surface area contributed by atoms with Gasteiger partial charge in [0.15, 0.2) is 0 Å². The lowest BCUT2D eigenvalue weighted by atomic mass is 10.1.